The third kappa shape index (κ3) is 3.36. The minimum absolute atomic E-state index is 0.00275. The zero-order chi connectivity index (χ0) is 15.4. The SMILES string of the molecule is COC1CCC(NC(=O)c2ccc(-c3ccn[nH]3)cc2)CC1. The Balaban J connectivity index is 1.58. The first-order valence-corrected chi connectivity index (χ1v) is 7.69. The molecule has 1 aliphatic carbocycles. The summed E-state index contributed by atoms with van der Waals surface area (Å²) in [6.45, 7) is 0. The molecule has 1 aliphatic rings. The smallest absolute Gasteiger partial charge is 0.251 e. The standard InChI is InChI=1S/C17H21N3O2/c1-22-15-8-6-14(7-9-15)19-17(21)13-4-2-12(3-5-13)16-10-11-18-20-16/h2-5,10-11,14-15H,6-9H2,1H3,(H,18,20)(H,19,21). The second kappa shape index (κ2) is 6.75. The molecule has 0 aliphatic heterocycles. The number of H-pyrrole nitrogens is 1. The van der Waals surface area contributed by atoms with E-state index < -0.39 is 0 Å². The van der Waals surface area contributed by atoms with Crippen LogP contribution in [0.25, 0.3) is 11.3 Å². The van der Waals surface area contributed by atoms with Gasteiger partial charge in [0.2, 0.25) is 0 Å². The van der Waals surface area contributed by atoms with Crippen LogP contribution in [0.1, 0.15) is 36.0 Å². The van der Waals surface area contributed by atoms with Crippen LogP contribution >= 0.6 is 0 Å². The molecule has 1 heterocycles. The van der Waals surface area contributed by atoms with E-state index >= 15 is 0 Å². The van der Waals surface area contributed by atoms with Gasteiger partial charge in [-0.05, 0) is 49.4 Å². The number of nitrogens with one attached hydrogen (secondary N) is 2. The Labute approximate surface area is 130 Å². The zero-order valence-electron chi connectivity index (χ0n) is 12.7. The van der Waals surface area contributed by atoms with Crippen molar-refractivity contribution in [3.8, 4) is 11.3 Å². The van der Waals surface area contributed by atoms with E-state index in [2.05, 4.69) is 15.5 Å². The van der Waals surface area contributed by atoms with Crippen LogP contribution in [0.4, 0.5) is 0 Å². The van der Waals surface area contributed by atoms with Gasteiger partial charge in [0.1, 0.15) is 0 Å². The van der Waals surface area contributed by atoms with E-state index in [0.29, 0.717) is 11.7 Å². The van der Waals surface area contributed by atoms with Gasteiger partial charge in [-0.15, -0.1) is 0 Å². The number of aromatic nitrogens is 2. The van der Waals surface area contributed by atoms with Crippen LogP contribution < -0.4 is 5.32 Å². The molecule has 1 aromatic carbocycles. The average molecular weight is 299 g/mol. The minimum atomic E-state index is -0.00275. The van der Waals surface area contributed by atoms with Crippen LogP contribution in [0.15, 0.2) is 36.5 Å². The predicted molar refractivity (Wildman–Crippen MR) is 84.5 cm³/mol. The maximum Gasteiger partial charge on any atom is 0.251 e. The lowest BCUT2D eigenvalue weighted by Gasteiger charge is -2.28. The second-order valence-corrected chi connectivity index (χ2v) is 5.73. The van der Waals surface area contributed by atoms with Gasteiger partial charge in [0.15, 0.2) is 0 Å². The van der Waals surface area contributed by atoms with E-state index in [4.69, 9.17) is 4.74 Å². The Morgan fingerprint density at radius 1 is 1.18 bits per heavy atom. The number of carbonyl (C=O) groups excluding carboxylic acids is 1. The first-order valence-electron chi connectivity index (χ1n) is 7.69. The normalized spacial score (nSPS) is 21.5. The van der Waals surface area contributed by atoms with Gasteiger partial charge in [-0.2, -0.15) is 5.10 Å². The molecule has 2 aromatic rings. The van der Waals surface area contributed by atoms with E-state index in [1.165, 1.54) is 0 Å². The third-order valence-corrected chi connectivity index (χ3v) is 4.30. The van der Waals surface area contributed by atoms with E-state index in [1.807, 2.05) is 30.3 Å². The Hall–Kier alpha value is -2.14. The van der Waals surface area contributed by atoms with Gasteiger partial charge in [0.05, 0.1) is 11.8 Å². The molecule has 0 spiro atoms. The molecule has 116 valence electrons. The summed E-state index contributed by atoms with van der Waals surface area (Å²) in [5.74, 6) is -0.00275. The van der Waals surface area contributed by atoms with Crippen molar-refractivity contribution in [3.63, 3.8) is 0 Å². The summed E-state index contributed by atoms with van der Waals surface area (Å²) in [5.41, 5.74) is 2.66. The van der Waals surface area contributed by atoms with Crippen molar-refractivity contribution in [1.29, 1.82) is 0 Å². The number of nitrogens with zero attached hydrogens (tertiary/aromatic N) is 1. The maximum atomic E-state index is 12.3. The molecule has 2 N–H and O–H groups in total. The molecule has 0 radical (unpaired) electrons. The van der Waals surface area contributed by atoms with Crippen LogP contribution in [0.5, 0.6) is 0 Å². The van der Waals surface area contributed by atoms with Crippen LogP contribution in [0.3, 0.4) is 0 Å². The number of hydrogen-bond acceptors (Lipinski definition) is 3. The molecule has 1 aromatic heterocycles. The Kier molecular flexibility index (Phi) is 4.53. The van der Waals surface area contributed by atoms with Gasteiger partial charge >= 0.3 is 0 Å². The predicted octanol–water partition coefficient (Wildman–Crippen LogP) is 2.76. The van der Waals surface area contributed by atoms with Gasteiger partial charge in [0.25, 0.3) is 5.91 Å². The molecular formula is C17H21N3O2. The van der Waals surface area contributed by atoms with Crippen molar-refractivity contribution in [3.05, 3.63) is 42.1 Å². The zero-order valence-corrected chi connectivity index (χ0v) is 12.7. The van der Waals surface area contributed by atoms with E-state index in [0.717, 1.165) is 36.9 Å². The van der Waals surface area contributed by atoms with Crippen LogP contribution in [-0.4, -0.2) is 35.4 Å². The number of methoxy groups -OCH3 is 1. The second-order valence-electron chi connectivity index (χ2n) is 5.73. The molecule has 0 bridgehead atoms. The van der Waals surface area contributed by atoms with E-state index in [9.17, 15) is 4.79 Å². The molecule has 1 fully saturated rings. The van der Waals surface area contributed by atoms with E-state index in [1.54, 1.807) is 13.3 Å². The van der Waals surface area contributed by atoms with Gasteiger partial charge in [0, 0.05) is 24.9 Å². The molecule has 22 heavy (non-hydrogen) atoms. The molecule has 5 nitrogen and oxygen atoms in total. The summed E-state index contributed by atoms with van der Waals surface area (Å²) in [6.07, 6.45) is 6.06. The molecule has 1 amide bonds. The fourth-order valence-electron chi connectivity index (χ4n) is 2.93. The molecule has 0 atom stereocenters. The molecule has 3 rings (SSSR count). The first kappa shape index (κ1) is 14.8. The van der Waals surface area contributed by atoms with Gasteiger partial charge in [-0.3, -0.25) is 9.89 Å². The van der Waals surface area contributed by atoms with Crippen molar-refractivity contribution >= 4 is 5.91 Å². The van der Waals surface area contributed by atoms with Crippen LogP contribution in [0.2, 0.25) is 0 Å². The largest absolute Gasteiger partial charge is 0.381 e. The van der Waals surface area contributed by atoms with Gasteiger partial charge in [-0.1, -0.05) is 12.1 Å². The Morgan fingerprint density at radius 2 is 1.91 bits per heavy atom. The number of benzene rings is 1. The molecule has 0 unspecified atom stereocenters. The summed E-state index contributed by atoms with van der Waals surface area (Å²) >= 11 is 0. The van der Waals surface area contributed by atoms with Crippen molar-refractivity contribution in [2.75, 3.05) is 7.11 Å². The highest BCUT2D eigenvalue weighted by atomic mass is 16.5. The highest BCUT2D eigenvalue weighted by molar-refractivity contribution is 5.94. The van der Waals surface area contributed by atoms with Crippen molar-refractivity contribution < 1.29 is 9.53 Å². The first-order chi connectivity index (χ1) is 10.8. The number of hydrogen-bond donors (Lipinski definition) is 2. The van der Waals surface area contributed by atoms with Crippen LogP contribution in [-0.2, 0) is 4.74 Å². The van der Waals surface area contributed by atoms with Crippen LogP contribution in [0, 0.1) is 0 Å². The van der Waals surface area contributed by atoms with Crippen molar-refractivity contribution in [2.24, 2.45) is 0 Å². The molecule has 1 saturated carbocycles. The Bertz CT molecular complexity index is 599. The number of amides is 1. The summed E-state index contributed by atoms with van der Waals surface area (Å²) in [6, 6.07) is 9.74. The fourth-order valence-corrected chi connectivity index (χ4v) is 2.93. The highest BCUT2D eigenvalue weighted by Crippen LogP contribution is 2.21. The summed E-state index contributed by atoms with van der Waals surface area (Å²) < 4.78 is 5.36. The monoisotopic (exact) mass is 299 g/mol. The van der Waals surface area contributed by atoms with Crippen molar-refractivity contribution in [1.82, 2.24) is 15.5 Å². The summed E-state index contributed by atoms with van der Waals surface area (Å²) in [5, 5.41) is 9.97. The minimum Gasteiger partial charge on any atom is -0.381 e. The summed E-state index contributed by atoms with van der Waals surface area (Å²) in [7, 11) is 1.75. The maximum absolute atomic E-state index is 12.3. The number of carbonyl (C=O) groups is 1. The Morgan fingerprint density at radius 3 is 2.50 bits per heavy atom. The average Bonchev–Trinajstić information content (AvgIpc) is 3.10. The number of aromatic amines is 1. The summed E-state index contributed by atoms with van der Waals surface area (Å²) in [4.78, 5) is 12.3. The van der Waals surface area contributed by atoms with Gasteiger partial charge < -0.3 is 10.1 Å². The molecule has 0 saturated heterocycles. The number of ether oxygens (including phenoxy) is 1. The van der Waals surface area contributed by atoms with Gasteiger partial charge in [-0.25, -0.2) is 0 Å². The lowest BCUT2D eigenvalue weighted by atomic mass is 9.92. The topological polar surface area (TPSA) is 67.0 Å². The van der Waals surface area contributed by atoms with Crippen molar-refractivity contribution in [2.45, 2.75) is 37.8 Å². The fraction of sp³-hybridized carbons (Fsp3) is 0.412. The molecule has 5 heteroatoms. The quantitative estimate of drug-likeness (QED) is 0.912. The third-order valence-electron chi connectivity index (χ3n) is 4.30. The number of rotatable bonds is 4. The highest BCUT2D eigenvalue weighted by Gasteiger charge is 2.22. The lowest BCUT2D eigenvalue weighted by molar-refractivity contribution is 0.0599. The molecular weight excluding hydrogens is 278 g/mol. The van der Waals surface area contributed by atoms with E-state index in [-0.39, 0.29) is 11.9 Å². The lowest BCUT2D eigenvalue weighted by Crippen LogP contribution is -2.38.